The van der Waals surface area contributed by atoms with E-state index in [4.69, 9.17) is 17.3 Å². The Morgan fingerprint density at radius 2 is 2.00 bits per heavy atom. The van der Waals surface area contributed by atoms with Crippen molar-refractivity contribution in [1.82, 2.24) is 4.90 Å². The van der Waals surface area contributed by atoms with Gasteiger partial charge in [-0.3, -0.25) is 4.79 Å². The number of nitrogens with zero attached hydrogens (tertiary/aromatic N) is 1. The van der Waals surface area contributed by atoms with Crippen LogP contribution < -0.4 is 5.73 Å². The molecule has 3 rings (SSSR count). The number of rotatable bonds is 1. The summed E-state index contributed by atoms with van der Waals surface area (Å²) in [5.74, 6) is -1.01. The molecule has 2 N–H and O–H groups in total. The molecule has 1 aliphatic heterocycles. The highest BCUT2D eigenvalue weighted by Gasteiger charge is 2.25. The molecule has 0 fully saturated rings. The van der Waals surface area contributed by atoms with Gasteiger partial charge in [-0.15, -0.1) is 0 Å². The van der Waals surface area contributed by atoms with Gasteiger partial charge in [-0.1, -0.05) is 29.8 Å². The SMILES string of the molecule is Nc1cccc2c1CCN(C(=O)c1cccc(Cl)c1F)C2. The van der Waals surface area contributed by atoms with Crippen molar-refractivity contribution in [2.45, 2.75) is 13.0 Å². The van der Waals surface area contributed by atoms with E-state index >= 15 is 0 Å². The summed E-state index contributed by atoms with van der Waals surface area (Å²) in [6.07, 6.45) is 0.677. The Bertz CT molecular complexity index is 717. The maximum Gasteiger partial charge on any atom is 0.257 e. The zero-order valence-corrected chi connectivity index (χ0v) is 12.0. The smallest absolute Gasteiger partial charge is 0.257 e. The number of nitrogens with two attached hydrogens (primary N) is 1. The average Bonchev–Trinajstić information content (AvgIpc) is 2.49. The van der Waals surface area contributed by atoms with Crippen LogP contribution in [0.2, 0.25) is 5.02 Å². The van der Waals surface area contributed by atoms with Gasteiger partial charge in [-0.05, 0) is 35.7 Å². The van der Waals surface area contributed by atoms with Crippen molar-refractivity contribution in [2.75, 3.05) is 12.3 Å². The van der Waals surface area contributed by atoms with Crippen molar-refractivity contribution in [1.29, 1.82) is 0 Å². The first-order valence-electron chi connectivity index (χ1n) is 6.67. The maximum absolute atomic E-state index is 14.0. The second-order valence-electron chi connectivity index (χ2n) is 5.06. The summed E-state index contributed by atoms with van der Waals surface area (Å²) < 4.78 is 14.0. The number of hydrogen-bond acceptors (Lipinski definition) is 2. The predicted octanol–water partition coefficient (Wildman–Crippen LogP) is 3.26. The van der Waals surface area contributed by atoms with E-state index in [0.717, 1.165) is 16.8 Å². The van der Waals surface area contributed by atoms with Crippen LogP contribution in [0.4, 0.5) is 10.1 Å². The lowest BCUT2D eigenvalue weighted by molar-refractivity contribution is 0.0730. The third kappa shape index (κ3) is 2.47. The van der Waals surface area contributed by atoms with Gasteiger partial charge in [-0.2, -0.15) is 0 Å². The van der Waals surface area contributed by atoms with Gasteiger partial charge in [0.25, 0.3) is 5.91 Å². The molecule has 0 atom stereocenters. The molecule has 2 aromatic rings. The van der Waals surface area contributed by atoms with Gasteiger partial charge in [0.1, 0.15) is 0 Å². The Kier molecular flexibility index (Phi) is 3.55. The van der Waals surface area contributed by atoms with Crippen molar-refractivity contribution < 1.29 is 9.18 Å². The molecule has 5 heteroatoms. The molecule has 2 aromatic carbocycles. The third-order valence-electron chi connectivity index (χ3n) is 3.77. The largest absolute Gasteiger partial charge is 0.398 e. The zero-order valence-electron chi connectivity index (χ0n) is 11.3. The molecule has 0 radical (unpaired) electrons. The Morgan fingerprint density at radius 1 is 1.24 bits per heavy atom. The van der Waals surface area contributed by atoms with Crippen molar-refractivity contribution in [3.8, 4) is 0 Å². The van der Waals surface area contributed by atoms with Gasteiger partial charge < -0.3 is 10.6 Å². The first-order valence-corrected chi connectivity index (χ1v) is 7.05. The first kappa shape index (κ1) is 13.9. The van der Waals surface area contributed by atoms with Gasteiger partial charge in [-0.25, -0.2) is 4.39 Å². The molecule has 108 valence electrons. The van der Waals surface area contributed by atoms with Gasteiger partial charge in [0.15, 0.2) is 5.82 Å². The number of benzene rings is 2. The number of halogens is 2. The summed E-state index contributed by atoms with van der Waals surface area (Å²) in [7, 11) is 0. The molecule has 1 amide bonds. The molecular weight excluding hydrogens is 291 g/mol. The number of anilines is 1. The summed E-state index contributed by atoms with van der Waals surface area (Å²) in [5.41, 5.74) is 8.78. The van der Waals surface area contributed by atoms with Gasteiger partial charge in [0.05, 0.1) is 10.6 Å². The van der Waals surface area contributed by atoms with Crippen molar-refractivity contribution in [3.63, 3.8) is 0 Å². The Labute approximate surface area is 127 Å². The fraction of sp³-hybridized carbons (Fsp3) is 0.188. The number of nitrogen functional groups attached to an aromatic ring is 1. The van der Waals surface area contributed by atoms with Gasteiger partial charge >= 0.3 is 0 Å². The van der Waals surface area contributed by atoms with Crippen LogP contribution in [0.5, 0.6) is 0 Å². The van der Waals surface area contributed by atoms with Crippen LogP contribution in [0.15, 0.2) is 36.4 Å². The van der Waals surface area contributed by atoms with E-state index in [9.17, 15) is 9.18 Å². The topological polar surface area (TPSA) is 46.3 Å². The quantitative estimate of drug-likeness (QED) is 0.822. The third-order valence-corrected chi connectivity index (χ3v) is 4.06. The number of carbonyl (C=O) groups excluding carboxylic acids is 1. The molecule has 0 saturated heterocycles. The summed E-state index contributed by atoms with van der Waals surface area (Å²) in [4.78, 5) is 14.1. The van der Waals surface area contributed by atoms with Crippen molar-refractivity contribution in [2.24, 2.45) is 0 Å². The van der Waals surface area contributed by atoms with E-state index in [1.54, 1.807) is 11.0 Å². The van der Waals surface area contributed by atoms with Crippen molar-refractivity contribution >= 4 is 23.2 Å². The number of carbonyl (C=O) groups is 1. The van der Waals surface area contributed by atoms with E-state index in [1.165, 1.54) is 12.1 Å². The fourth-order valence-electron chi connectivity index (χ4n) is 2.65. The van der Waals surface area contributed by atoms with E-state index in [-0.39, 0.29) is 16.5 Å². The molecule has 0 saturated carbocycles. The van der Waals surface area contributed by atoms with Crippen LogP contribution in [0.25, 0.3) is 0 Å². The second kappa shape index (κ2) is 5.37. The monoisotopic (exact) mass is 304 g/mol. The Hall–Kier alpha value is -2.07. The molecule has 1 heterocycles. The van der Waals surface area contributed by atoms with E-state index in [1.807, 2.05) is 18.2 Å². The normalized spacial score (nSPS) is 13.9. The minimum absolute atomic E-state index is 0.00912. The number of fused-ring (bicyclic) bond motifs is 1. The van der Waals surface area contributed by atoms with Crippen molar-refractivity contribution in [3.05, 3.63) is 63.9 Å². The summed E-state index contributed by atoms with van der Waals surface area (Å²) in [5, 5.41) is -0.0393. The zero-order chi connectivity index (χ0) is 15.0. The summed E-state index contributed by atoms with van der Waals surface area (Å²) in [6.45, 7) is 0.956. The molecular formula is C16H14ClFN2O. The lowest BCUT2D eigenvalue weighted by atomic mass is 9.97. The Balaban J connectivity index is 1.89. The molecule has 0 aromatic heterocycles. The van der Waals surface area contributed by atoms with E-state index in [0.29, 0.717) is 19.5 Å². The van der Waals surface area contributed by atoms with Crippen LogP contribution in [-0.4, -0.2) is 17.4 Å². The molecule has 3 nitrogen and oxygen atoms in total. The lowest BCUT2D eigenvalue weighted by Gasteiger charge is -2.29. The Morgan fingerprint density at radius 3 is 2.81 bits per heavy atom. The lowest BCUT2D eigenvalue weighted by Crippen LogP contribution is -2.36. The van der Waals surface area contributed by atoms with E-state index in [2.05, 4.69) is 0 Å². The summed E-state index contributed by atoms with van der Waals surface area (Å²) in [6, 6.07) is 10.1. The molecule has 0 unspecified atom stereocenters. The summed E-state index contributed by atoms with van der Waals surface area (Å²) >= 11 is 5.74. The van der Waals surface area contributed by atoms with Crippen LogP contribution in [0.3, 0.4) is 0 Å². The van der Waals surface area contributed by atoms with Crippen LogP contribution in [-0.2, 0) is 13.0 Å². The first-order chi connectivity index (χ1) is 10.1. The maximum atomic E-state index is 14.0. The molecule has 0 bridgehead atoms. The van der Waals surface area contributed by atoms with E-state index < -0.39 is 5.82 Å². The molecule has 1 aliphatic rings. The van der Waals surface area contributed by atoms with Crippen LogP contribution >= 0.6 is 11.6 Å². The minimum Gasteiger partial charge on any atom is -0.398 e. The highest BCUT2D eigenvalue weighted by atomic mass is 35.5. The molecule has 21 heavy (non-hydrogen) atoms. The van der Waals surface area contributed by atoms with Crippen LogP contribution in [0, 0.1) is 5.82 Å². The molecule has 0 aliphatic carbocycles. The molecule has 0 spiro atoms. The standard InChI is InChI=1S/C16H14ClFN2O/c17-13-5-2-4-12(15(13)18)16(21)20-8-7-11-10(9-20)3-1-6-14(11)19/h1-6H,7-9,19H2. The highest BCUT2D eigenvalue weighted by molar-refractivity contribution is 6.31. The number of hydrogen-bond donors (Lipinski definition) is 1. The minimum atomic E-state index is -0.664. The average molecular weight is 305 g/mol. The second-order valence-corrected chi connectivity index (χ2v) is 5.47. The predicted molar refractivity (Wildman–Crippen MR) is 80.7 cm³/mol. The van der Waals surface area contributed by atoms with Gasteiger partial charge in [0.2, 0.25) is 0 Å². The fourth-order valence-corrected chi connectivity index (χ4v) is 2.83. The number of amides is 1. The van der Waals surface area contributed by atoms with Gasteiger partial charge in [0, 0.05) is 18.8 Å². The van der Waals surface area contributed by atoms with Crippen LogP contribution in [0.1, 0.15) is 21.5 Å². The highest BCUT2D eigenvalue weighted by Crippen LogP contribution is 2.26.